The molecule has 3 nitrogen and oxygen atoms in total. The van der Waals surface area contributed by atoms with Gasteiger partial charge < -0.3 is 4.74 Å². The largest absolute Gasteiger partial charge is 0.379 e. The number of hydrogen-bond acceptors (Lipinski definition) is 5. The number of morpholine rings is 1. The van der Waals surface area contributed by atoms with Gasteiger partial charge >= 0.3 is 0 Å². The molecule has 6 heteroatoms. The third-order valence-corrected chi connectivity index (χ3v) is 4.99. The first-order valence-corrected chi connectivity index (χ1v) is 7.35. The van der Waals surface area contributed by atoms with Gasteiger partial charge in [-0.2, -0.15) is 0 Å². The van der Waals surface area contributed by atoms with E-state index < -0.39 is 0 Å². The van der Waals surface area contributed by atoms with Gasteiger partial charge in [0, 0.05) is 13.1 Å². The number of hydrogen-bond donors (Lipinski definition) is 0. The van der Waals surface area contributed by atoms with Crippen molar-refractivity contribution in [2.45, 2.75) is 4.34 Å². The van der Waals surface area contributed by atoms with Gasteiger partial charge in [-0.3, -0.25) is 0 Å². The van der Waals surface area contributed by atoms with Gasteiger partial charge in [0.15, 0.2) is 4.34 Å². The van der Waals surface area contributed by atoms with Crippen molar-refractivity contribution in [2.75, 3.05) is 26.3 Å². The highest BCUT2D eigenvalue weighted by Crippen LogP contribution is 2.34. The zero-order chi connectivity index (χ0) is 11.7. The maximum atomic E-state index is 6.11. The van der Waals surface area contributed by atoms with Crippen LogP contribution in [0.1, 0.15) is 0 Å². The summed E-state index contributed by atoms with van der Waals surface area (Å²) in [6.07, 6.45) is 0. The van der Waals surface area contributed by atoms with E-state index in [0.717, 1.165) is 45.9 Å². The Bertz CT molecular complexity index is 525. The van der Waals surface area contributed by atoms with Crippen LogP contribution in [0.3, 0.4) is 0 Å². The number of ether oxygens (including phenoxy) is 1. The zero-order valence-corrected chi connectivity index (χ0v) is 11.4. The number of aromatic nitrogens is 1. The molecule has 0 atom stereocenters. The third kappa shape index (κ3) is 2.58. The minimum absolute atomic E-state index is 0.729. The molecule has 0 N–H and O–H groups in total. The zero-order valence-electron chi connectivity index (χ0n) is 9.06. The Hall–Kier alpha value is -0.330. The first-order chi connectivity index (χ1) is 8.33. The number of fused-ring (bicyclic) bond motifs is 1. The molecule has 1 saturated heterocycles. The summed E-state index contributed by atoms with van der Waals surface area (Å²) in [5.41, 5.74) is 0.912. The lowest BCUT2D eigenvalue weighted by molar-refractivity contribution is 0.0773. The standard InChI is InChI=1S/C11H11ClN2OS2/c12-8-2-1-3-9-10(8)13-11(16-9)17-14-4-6-15-7-5-14/h1-3H,4-7H2. The van der Waals surface area contributed by atoms with Gasteiger partial charge in [0.05, 0.1) is 22.9 Å². The average molecular weight is 287 g/mol. The molecule has 0 amide bonds. The molecule has 0 radical (unpaired) electrons. The minimum atomic E-state index is 0.729. The summed E-state index contributed by atoms with van der Waals surface area (Å²) in [6, 6.07) is 5.90. The van der Waals surface area contributed by atoms with Gasteiger partial charge in [0.25, 0.3) is 0 Å². The van der Waals surface area contributed by atoms with Crippen LogP contribution in [-0.2, 0) is 4.74 Å². The molecule has 3 rings (SSSR count). The van der Waals surface area contributed by atoms with Crippen molar-refractivity contribution in [1.29, 1.82) is 0 Å². The summed E-state index contributed by atoms with van der Waals surface area (Å²) in [6.45, 7) is 3.51. The number of rotatable bonds is 2. The van der Waals surface area contributed by atoms with Crippen LogP contribution in [0.5, 0.6) is 0 Å². The van der Waals surface area contributed by atoms with Gasteiger partial charge in [-0.1, -0.05) is 17.7 Å². The predicted octanol–water partition coefficient (Wildman–Crippen LogP) is 3.29. The predicted molar refractivity (Wildman–Crippen MR) is 72.9 cm³/mol. The fourth-order valence-electron chi connectivity index (χ4n) is 1.68. The Morgan fingerprint density at radius 1 is 1.35 bits per heavy atom. The van der Waals surface area contributed by atoms with Crippen LogP contribution in [0.25, 0.3) is 10.2 Å². The molecule has 0 aliphatic carbocycles. The van der Waals surface area contributed by atoms with E-state index in [1.54, 1.807) is 23.3 Å². The molecule has 90 valence electrons. The molecule has 17 heavy (non-hydrogen) atoms. The topological polar surface area (TPSA) is 25.4 Å². The molecule has 2 heterocycles. The van der Waals surface area contributed by atoms with Crippen molar-refractivity contribution in [3.05, 3.63) is 23.2 Å². The maximum Gasteiger partial charge on any atom is 0.166 e. The van der Waals surface area contributed by atoms with E-state index in [4.69, 9.17) is 16.3 Å². The molecule has 1 aliphatic rings. The number of nitrogens with zero attached hydrogens (tertiary/aromatic N) is 2. The van der Waals surface area contributed by atoms with Crippen molar-refractivity contribution in [2.24, 2.45) is 0 Å². The molecule has 0 bridgehead atoms. The third-order valence-electron chi connectivity index (χ3n) is 2.53. The normalized spacial score (nSPS) is 17.7. The Kier molecular flexibility index (Phi) is 3.54. The highest BCUT2D eigenvalue weighted by atomic mass is 35.5. The molecule has 1 aromatic heterocycles. The number of thiazole rings is 1. The van der Waals surface area contributed by atoms with E-state index in [1.807, 2.05) is 12.1 Å². The molecular formula is C11H11ClN2OS2. The Balaban J connectivity index is 1.83. The molecule has 1 aromatic carbocycles. The van der Waals surface area contributed by atoms with Gasteiger partial charge in [0.2, 0.25) is 0 Å². The minimum Gasteiger partial charge on any atom is -0.379 e. The van der Waals surface area contributed by atoms with Gasteiger partial charge in [-0.05, 0) is 24.1 Å². The summed E-state index contributed by atoms with van der Waals surface area (Å²) < 4.78 is 9.81. The molecule has 1 fully saturated rings. The molecule has 0 saturated carbocycles. The highest BCUT2D eigenvalue weighted by Gasteiger charge is 2.15. The summed E-state index contributed by atoms with van der Waals surface area (Å²) in [5, 5.41) is 0.729. The summed E-state index contributed by atoms with van der Waals surface area (Å²) in [4.78, 5) is 4.57. The summed E-state index contributed by atoms with van der Waals surface area (Å²) in [7, 11) is 0. The van der Waals surface area contributed by atoms with E-state index >= 15 is 0 Å². The fourth-order valence-corrected chi connectivity index (χ4v) is 4.10. The second-order valence-electron chi connectivity index (χ2n) is 3.70. The second kappa shape index (κ2) is 5.12. The van der Waals surface area contributed by atoms with Gasteiger partial charge in [-0.15, -0.1) is 11.3 Å². The summed E-state index contributed by atoms with van der Waals surface area (Å²) in [5.74, 6) is 0. The summed E-state index contributed by atoms with van der Waals surface area (Å²) >= 11 is 9.51. The Morgan fingerprint density at radius 3 is 2.94 bits per heavy atom. The molecule has 2 aromatic rings. The van der Waals surface area contributed by atoms with Crippen LogP contribution < -0.4 is 0 Å². The Labute approximate surface area is 113 Å². The van der Waals surface area contributed by atoms with E-state index in [9.17, 15) is 0 Å². The highest BCUT2D eigenvalue weighted by molar-refractivity contribution is 7.98. The second-order valence-corrected chi connectivity index (χ2v) is 6.48. The van der Waals surface area contributed by atoms with Crippen LogP contribution in [0.2, 0.25) is 5.02 Å². The quantitative estimate of drug-likeness (QED) is 0.791. The van der Waals surface area contributed by atoms with Crippen LogP contribution in [0.15, 0.2) is 22.5 Å². The fraction of sp³-hybridized carbons (Fsp3) is 0.364. The number of benzene rings is 1. The van der Waals surface area contributed by atoms with Crippen molar-refractivity contribution in [3.8, 4) is 0 Å². The SMILES string of the molecule is Clc1cccc2sc(SN3CCOCC3)nc12. The number of halogens is 1. The smallest absolute Gasteiger partial charge is 0.166 e. The van der Waals surface area contributed by atoms with E-state index in [-0.39, 0.29) is 0 Å². The first-order valence-electron chi connectivity index (χ1n) is 5.38. The lowest BCUT2D eigenvalue weighted by Gasteiger charge is -2.23. The van der Waals surface area contributed by atoms with E-state index in [2.05, 4.69) is 15.4 Å². The average Bonchev–Trinajstić information content (AvgIpc) is 2.74. The molecule has 0 unspecified atom stereocenters. The van der Waals surface area contributed by atoms with Crippen LogP contribution in [-0.4, -0.2) is 35.6 Å². The van der Waals surface area contributed by atoms with E-state index in [0.29, 0.717) is 0 Å². The first kappa shape index (κ1) is 11.7. The number of para-hydroxylation sites is 1. The van der Waals surface area contributed by atoms with Crippen LogP contribution >= 0.6 is 34.9 Å². The van der Waals surface area contributed by atoms with Crippen molar-refractivity contribution >= 4 is 45.1 Å². The molecule has 1 aliphatic heterocycles. The van der Waals surface area contributed by atoms with Crippen molar-refractivity contribution in [3.63, 3.8) is 0 Å². The van der Waals surface area contributed by atoms with Gasteiger partial charge in [0.1, 0.15) is 5.52 Å². The maximum absolute atomic E-state index is 6.11. The van der Waals surface area contributed by atoms with Crippen molar-refractivity contribution < 1.29 is 4.74 Å². The molecule has 0 spiro atoms. The van der Waals surface area contributed by atoms with Gasteiger partial charge in [-0.25, -0.2) is 9.29 Å². The molecular weight excluding hydrogens is 276 g/mol. The van der Waals surface area contributed by atoms with Crippen molar-refractivity contribution in [1.82, 2.24) is 9.29 Å². The monoisotopic (exact) mass is 286 g/mol. The lowest BCUT2D eigenvalue weighted by Crippen LogP contribution is -2.30. The van der Waals surface area contributed by atoms with E-state index in [1.165, 1.54) is 0 Å². The lowest BCUT2D eigenvalue weighted by atomic mass is 10.3. The van der Waals surface area contributed by atoms with Crippen LogP contribution in [0, 0.1) is 0 Å². The Morgan fingerprint density at radius 2 is 2.18 bits per heavy atom. The van der Waals surface area contributed by atoms with Crippen LogP contribution in [0.4, 0.5) is 0 Å².